The number of ether oxygens (including phenoxy) is 1. The van der Waals surface area contributed by atoms with Crippen molar-refractivity contribution in [3.05, 3.63) is 65.2 Å². The molecule has 29 heavy (non-hydrogen) atoms. The largest absolute Gasteiger partial charge is 0.465 e. The molecule has 0 saturated carbocycles. The van der Waals surface area contributed by atoms with Gasteiger partial charge in [0.05, 0.1) is 18.4 Å². The number of benzene rings is 2. The topological polar surface area (TPSA) is 79.5 Å². The van der Waals surface area contributed by atoms with Gasteiger partial charge in [0.15, 0.2) is 5.11 Å². The molecule has 0 fully saturated rings. The molecule has 1 amide bonds. The number of hydrogen-bond donors (Lipinski definition) is 3. The van der Waals surface area contributed by atoms with Crippen LogP contribution in [0.4, 0.5) is 5.69 Å². The third-order valence-electron chi connectivity index (χ3n) is 3.85. The molecule has 0 aliphatic carbocycles. The molecular formula is C19H18Cl3N3O3S. The van der Waals surface area contributed by atoms with Crippen LogP contribution in [0.3, 0.4) is 0 Å². The molecule has 10 heteroatoms. The number of nitrogens with one attached hydrogen (secondary N) is 3. The van der Waals surface area contributed by atoms with Crippen molar-refractivity contribution in [2.24, 2.45) is 0 Å². The zero-order valence-electron chi connectivity index (χ0n) is 15.5. The smallest absolute Gasteiger partial charge is 0.339 e. The number of halogens is 3. The highest BCUT2D eigenvalue weighted by Gasteiger charge is 2.35. The fraction of sp³-hybridized carbons (Fsp3) is 0.211. The summed E-state index contributed by atoms with van der Waals surface area (Å²) in [6.07, 6.45) is -1.15. The Bertz CT molecular complexity index is 919. The van der Waals surface area contributed by atoms with Crippen LogP contribution >= 0.6 is 47.0 Å². The monoisotopic (exact) mass is 473 g/mol. The molecule has 0 saturated heterocycles. The SMILES string of the molecule is COC(=O)c1ccccc1NC(=S)NC(NC(=O)c1ccccc1C)C(Cl)(Cl)Cl. The fourth-order valence-electron chi connectivity index (χ4n) is 2.41. The molecule has 2 aromatic rings. The lowest BCUT2D eigenvalue weighted by atomic mass is 10.1. The normalized spacial score (nSPS) is 11.9. The maximum Gasteiger partial charge on any atom is 0.339 e. The van der Waals surface area contributed by atoms with Gasteiger partial charge in [-0.2, -0.15) is 0 Å². The van der Waals surface area contributed by atoms with Gasteiger partial charge in [-0.1, -0.05) is 65.1 Å². The Morgan fingerprint density at radius 1 is 1.00 bits per heavy atom. The van der Waals surface area contributed by atoms with Crippen molar-refractivity contribution < 1.29 is 14.3 Å². The Morgan fingerprint density at radius 3 is 2.17 bits per heavy atom. The third-order valence-corrected chi connectivity index (χ3v) is 4.72. The number of carbonyl (C=O) groups is 2. The molecule has 0 aliphatic heterocycles. The first kappa shape index (κ1) is 23.2. The second-order valence-electron chi connectivity index (χ2n) is 5.90. The van der Waals surface area contributed by atoms with Gasteiger partial charge in [0.2, 0.25) is 3.79 Å². The molecule has 154 valence electrons. The summed E-state index contributed by atoms with van der Waals surface area (Å²) >= 11 is 23.3. The summed E-state index contributed by atoms with van der Waals surface area (Å²) in [5, 5.41) is 8.24. The number of rotatable bonds is 5. The van der Waals surface area contributed by atoms with Crippen molar-refractivity contribution in [2.75, 3.05) is 12.4 Å². The Labute approximate surface area is 188 Å². The summed E-state index contributed by atoms with van der Waals surface area (Å²) < 4.78 is 2.83. The van der Waals surface area contributed by atoms with Crippen molar-refractivity contribution in [1.29, 1.82) is 0 Å². The number of carbonyl (C=O) groups excluding carboxylic acids is 2. The lowest BCUT2D eigenvalue weighted by molar-refractivity contribution is 0.0601. The van der Waals surface area contributed by atoms with Gasteiger partial charge in [-0.15, -0.1) is 0 Å². The standard InChI is InChI=1S/C19H18Cl3N3O3S/c1-11-7-3-4-8-12(11)15(26)24-17(19(20,21)22)25-18(29)23-14-10-6-5-9-13(14)16(27)28-2/h3-10,17H,1-2H3,(H,24,26)(H2,23,25,29). The Balaban J connectivity index is 2.15. The maximum atomic E-state index is 12.6. The first-order valence-corrected chi connectivity index (χ1v) is 9.85. The van der Waals surface area contributed by atoms with Crippen LogP contribution in [0.25, 0.3) is 0 Å². The van der Waals surface area contributed by atoms with Gasteiger partial charge in [0.25, 0.3) is 5.91 Å². The van der Waals surface area contributed by atoms with E-state index in [4.69, 9.17) is 51.8 Å². The first-order valence-electron chi connectivity index (χ1n) is 8.31. The van der Waals surface area contributed by atoms with E-state index in [2.05, 4.69) is 16.0 Å². The molecule has 3 N–H and O–H groups in total. The molecule has 0 aromatic heterocycles. The summed E-state index contributed by atoms with van der Waals surface area (Å²) in [5.74, 6) is -0.980. The molecule has 2 aromatic carbocycles. The van der Waals surface area contributed by atoms with Crippen molar-refractivity contribution in [1.82, 2.24) is 10.6 Å². The van der Waals surface area contributed by atoms with E-state index >= 15 is 0 Å². The number of esters is 1. The summed E-state index contributed by atoms with van der Waals surface area (Å²) in [4.78, 5) is 24.5. The maximum absolute atomic E-state index is 12.6. The molecule has 2 rings (SSSR count). The lowest BCUT2D eigenvalue weighted by Crippen LogP contribution is -2.56. The minimum Gasteiger partial charge on any atom is -0.465 e. The third kappa shape index (κ3) is 6.47. The van der Waals surface area contributed by atoms with E-state index in [-0.39, 0.29) is 10.7 Å². The highest BCUT2D eigenvalue weighted by molar-refractivity contribution is 7.80. The van der Waals surface area contributed by atoms with Gasteiger partial charge >= 0.3 is 5.97 Å². The molecular weight excluding hydrogens is 457 g/mol. The minimum absolute atomic E-state index is 0.0303. The predicted molar refractivity (Wildman–Crippen MR) is 120 cm³/mol. The number of anilines is 1. The molecule has 6 nitrogen and oxygen atoms in total. The zero-order chi connectivity index (χ0) is 21.6. The zero-order valence-corrected chi connectivity index (χ0v) is 18.5. The summed E-state index contributed by atoms with van der Waals surface area (Å²) in [7, 11) is 1.27. The van der Waals surface area contributed by atoms with Crippen LogP contribution in [0.2, 0.25) is 0 Å². The van der Waals surface area contributed by atoms with E-state index in [1.807, 2.05) is 6.07 Å². The highest BCUT2D eigenvalue weighted by atomic mass is 35.6. The Kier molecular flexibility index (Phi) is 8.10. The number of aryl methyl sites for hydroxylation is 1. The van der Waals surface area contributed by atoms with Crippen LogP contribution in [-0.4, -0.2) is 34.1 Å². The molecule has 0 aliphatic rings. The first-order chi connectivity index (χ1) is 13.6. The molecule has 1 unspecified atom stereocenters. The van der Waals surface area contributed by atoms with Crippen LogP contribution < -0.4 is 16.0 Å². The van der Waals surface area contributed by atoms with Gasteiger partial charge in [-0.3, -0.25) is 4.79 Å². The molecule has 0 radical (unpaired) electrons. The van der Waals surface area contributed by atoms with Gasteiger partial charge in [0, 0.05) is 5.56 Å². The summed E-state index contributed by atoms with van der Waals surface area (Å²) in [6.45, 7) is 1.79. The number of thiocarbonyl (C=S) groups is 1. The fourth-order valence-corrected chi connectivity index (χ4v) is 2.96. The van der Waals surface area contributed by atoms with E-state index in [9.17, 15) is 9.59 Å². The highest BCUT2D eigenvalue weighted by Crippen LogP contribution is 2.29. The average Bonchev–Trinajstić information content (AvgIpc) is 2.66. The number of amides is 1. The van der Waals surface area contributed by atoms with E-state index in [1.54, 1.807) is 49.4 Å². The van der Waals surface area contributed by atoms with Gasteiger partial charge in [-0.25, -0.2) is 4.79 Å². The van der Waals surface area contributed by atoms with Crippen LogP contribution in [0.15, 0.2) is 48.5 Å². The second-order valence-corrected chi connectivity index (χ2v) is 8.68. The van der Waals surface area contributed by atoms with Crippen LogP contribution in [-0.2, 0) is 4.74 Å². The van der Waals surface area contributed by atoms with Crippen LogP contribution in [0, 0.1) is 6.92 Å². The minimum atomic E-state index is -1.91. The van der Waals surface area contributed by atoms with Crippen molar-refractivity contribution in [2.45, 2.75) is 16.9 Å². The van der Waals surface area contributed by atoms with E-state index in [0.29, 0.717) is 11.3 Å². The predicted octanol–water partition coefficient (Wildman–Crippen LogP) is 4.19. The quantitative estimate of drug-likeness (QED) is 0.261. The van der Waals surface area contributed by atoms with Crippen LogP contribution in [0.1, 0.15) is 26.3 Å². The van der Waals surface area contributed by atoms with Gasteiger partial charge in [-0.05, 0) is 42.9 Å². The number of alkyl halides is 3. The Morgan fingerprint density at radius 2 is 1.59 bits per heavy atom. The lowest BCUT2D eigenvalue weighted by Gasteiger charge is -2.28. The van der Waals surface area contributed by atoms with Gasteiger partial charge in [0.1, 0.15) is 6.17 Å². The van der Waals surface area contributed by atoms with E-state index < -0.39 is 21.8 Å². The molecule has 0 spiro atoms. The number of methoxy groups -OCH3 is 1. The summed E-state index contributed by atoms with van der Waals surface area (Å²) in [6, 6.07) is 13.6. The number of hydrogen-bond acceptors (Lipinski definition) is 4. The molecule has 0 bridgehead atoms. The van der Waals surface area contributed by atoms with E-state index in [1.165, 1.54) is 7.11 Å². The van der Waals surface area contributed by atoms with Crippen molar-refractivity contribution in [3.8, 4) is 0 Å². The van der Waals surface area contributed by atoms with E-state index in [0.717, 1.165) is 5.56 Å². The molecule has 0 heterocycles. The summed E-state index contributed by atoms with van der Waals surface area (Å²) in [5.41, 5.74) is 1.86. The second kappa shape index (κ2) is 10.1. The Hall–Kier alpha value is -2.06. The van der Waals surface area contributed by atoms with Crippen molar-refractivity contribution >= 4 is 69.7 Å². The average molecular weight is 475 g/mol. The van der Waals surface area contributed by atoms with Gasteiger partial charge < -0.3 is 20.7 Å². The molecule has 1 atom stereocenters. The van der Waals surface area contributed by atoms with Crippen LogP contribution in [0.5, 0.6) is 0 Å². The number of para-hydroxylation sites is 1. The van der Waals surface area contributed by atoms with Crippen molar-refractivity contribution in [3.63, 3.8) is 0 Å².